The Morgan fingerprint density at radius 2 is 1.88 bits per heavy atom. The van der Waals surface area contributed by atoms with Crippen LogP contribution in [0.15, 0.2) is 4.52 Å². The highest BCUT2D eigenvalue weighted by Crippen LogP contribution is 2.33. The molecule has 0 amide bonds. The van der Waals surface area contributed by atoms with Gasteiger partial charge in [0.05, 0.1) is 6.04 Å². The van der Waals surface area contributed by atoms with Crippen LogP contribution in [-0.2, 0) is 0 Å². The van der Waals surface area contributed by atoms with Crippen molar-refractivity contribution in [3.05, 3.63) is 11.7 Å². The smallest absolute Gasteiger partial charge is 0.243 e. The van der Waals surface area contributed by atoms with E-state index in [1.165, 1.54) is 38.5 Å². The van der Waals surface area contributed by atoms with Gasteiger partial charge in [-0.2, -0.15) is 4.98 Å². The number of nitrogens with zero attached hydrogens (tertiary/aromatic N) is 2. The first-order chi connectivity index (χ1) is 7.93. The van der Waals surface area contributed by atoms with Gasteiger partial charge < -0.3 is 9.84 Å². The molecule has 3 rings (SSSR count). The lowest BCUT2D eigenvalue weighted by Crippen LogP contribution is -2.27. The lowest BCUT2D eigenvalue weighted by molar-refractivity contribution is 0.295. The van der Waals surface area contributed by atoms with E-state index in [1.807, 2.05) is 0 Å². The summed E-state index contributed by atoms with van der Waals surface area (Å²) in [5, 5.41) is 7.59. The summed E-state index contributed by atoms with van der Waals surface area (Å²) in [6, 6.07) is 0.302. The molecule has 1 atom stereocenters. The third-order valence-corrected chi connectivity index (χ3v) is 3.79. The van der Waals surface area contributed by atoms with Crippen LogP contribution in [0.5, 0.6) is 0 Å². The molecule has 16 heavy (non-hydrogen) atoms. The third kappa shape index (κ3) is 1.98. The summed E-state index contributed by atoms with van der Waals surface area (Å²) < 4.78 is 5.39. The van der Waals surface area contributed by atoms with Crippen LogP contribution < -0.4 is 5.32 Å². The van der Waals surface area contributed by atoms with E-state index in [0.717, 1.165) is 24.7 Å². The Balaban J connectivity index is 1.71. The molecule has 88 valence electrons. The predicted octanol–water partition coefficient (Wildman–Crippen LogP) is 2.54. The Bertz CT molecular complexity index is 338. The van der Waals surface area contributed by atoms with Gasteiger partial charge in [-0.15, -0.1) is 0 Å². The van der Waals surface area contributed by atoms with Crippen molar-refractivity contribution in [2.24, 2.45) is 0 Å². The largest absolute Gasteiger partial charge is 0.338 e. The number of hydrogen-bond acceptors (Lipinski definition) is 4. The fourth-order valence-electron chi connectivity index (χ4n) is 2.80. The molecule has 1 unspecified atom stereocenters. The standard InChI is InChI=1S/C12H19N3O/c1-2-6-9(5-1)11-14-12(16-15-11)10-7-3-4-8-13-10/h9-10,13H,1-8H2. The van der Waals surface area contributed by atoms with Crippen molar-refractivity contribution in [1.82, 2.24) is 15.5 Å². The van der Waals surface area contributed by atoms with E-state index in [2.05, 4.69) is 15.5 Å². The first kappa shape index (κ1) is 10.3. The average Bonchev–Trinajstić information content (AvgIpc) is 3.01. The third-order valence-electron chi connectivity index (χ3n) is 3.79. The normalized spacial score (nSPS) is 27.4. The van der Waals surface area contributed by atoms with E-state index in [0.29, 0.717) is 12.0 Å². The lowest BCUT2D eigenvalue weighted by Gasteiger charge is -2.19. The lowest BCUT2D eigenvalue weighted by atomic mass is 10.0. The Labute approximate surface area is 95.8 Å². The highest BCUT2D eigenvalue weighted by Gasteiger charge is 2.25. The molecule has 4 heteroatoms. The second-order valence-electron chi connectivity index (χ2n) is 4.97. The minimum Gasteiger partial charge on any atom is -0.338 e. The number of hydrogen-bond donors (Lipinski definition) is 1. The van der Waals surface area contributed by atoms with Gasteiger partial charge in [0.15, 0.2) is 5.82 Å². The monoisotopic (exact) mass is 221 g/mol. The summed E-state index contributed by atoms with van der Waals surface area (Å²) in [6.07, 6.45) is 8.76. The summed E-state index contributed by atoms with van der Waals surface area (Å²) in [6.45, 7) is 1.08. The molecule has 1 saturated heterocycles. The van der Waals surface area contributed by atoms with Gasteiger partial charge >= 0.3 is 0 Å². The molecular formula is C12H19N3O. The maximum atomic E-state index is 5.39. The first-order valence-electron chi connectivity index (χ1n) is 6.50. The van der Waals surface area contributed by atoms with Crippen LogP contribution in [-0.4, -0.2) is 16.7 Å². The van der Waals surface area contributed by atoms with Gasteiger partial charge in [0.1, 0.15) is 0 Å². The number of nitrogens with one attached hydrogen (secondary N) is 1. The molecule has 1 aromatic rings. The zero-order valence-electron chi connectivity index (χ0n) is 9.61. The maximum Gasteiger partial charge on any atom is 0.243 e. The number of piperidine rings is 1. The van der Waals surface area contributed by atoms with E-state index in [4.69, 9.17) is 4.52 Å². The van der Waals surface area contributed by atoms with E-state index in [9.17, 15) is 0 Å². The van der Waals surface area contributed by atoms with Crippen molar-refractivity contribution >= 4 is 0 Å². The van der Waals surface area contributed by atoms with E-state index < -0.39 is 0 Å². The van der Waals surface area contributed by atoms with E-state index in [1.54, 1.807) is 0 Å². The van der Waals surface area contributed by atoms with Crippen molar-refractivity contribution in [2.75, 3.05) is 6.54 Å². The zero-order valence-corrected chi connectivity index (χ0v) is 9.61. The molecule has 0 bridgehead atoms. The minimum atomic E-state index is 0.302. The Hall–Kier alpha value is -0.900. The van der Waals surface area contributed by atoms with E-state index in [-0.39, 0.29) is 0 Å². The Morgan fingerprint density at radius 1 is 1.06 bits per heavy atom. The fraction of sp³-hybridized carbons (Fsp3) is 0.833. The molecule has 0 aromatic carbocycles. The van der Waals surface area contributed by atoms with Crippen LogP contribution in [0.1, 0.15) is 68.6 Å². The fourth-order valence-corrected chi connectivity index (χ4v) is 2.80. The molecule has 0 spiro atoms. The molecule has 2 fully saturated rings. The summed E-state index contributed by atoms with van der Waals surface area (Å²) in [5.41, 5.74) is 0. The molecular weight excluding hydrogens is 202 g/mol. The summed E-state index contributed by atoms with van der Waals surface area (Å²) in [4.78, 5) is 4.58. The maximum absolute atomic E-state index is 5.39. The zero-order chi connectivity index (χ0) is 10.8. The molecule has 4 nitrogen and oxygen atoms in total. The molecule has 2 aliphatic rings. The van der Waals surface area contributed by atoms with Crippen LogP contribution >= 0.6 is 0 Å². The van der Waals surface area contributed by atoms with Crippen LogP contribution in [0.2, 0.25) is 0 Å². The second-order valence-corrected chi connectivity index (χ2v) is 4.97. The SMILES string of the molecule is C1CCC(c2nc(C3CCCC3)no2)NC1. The molecule has 1 saturated carbocycles. The van der Waals surface area contributed by atoms with Gasteiger partial charge in [0.2, 0.25) is 5.89 Å². The summed E-state index contributed by atoms with van der Waals surface area (Å²) in [7, 11) is 0. The second kappa shape index (κ2) is 4.53. The first-order valence-corrected chi connectivity index (χ1v) is 6.50. The quantitative estimate of drug-likeness (QED) is 0.833. The van der Waals surface area contributed by atoms with Crippen molar-refractivity contribution < 1.29 is 4.52 Å². The number of rotatable bonds is 2. The predicted molar refractivity (Wildman–Crippen MR) is 60.1 cm³/mol. The number of aromatic nitrogens is 2. The van der Waals surface area contributed by atoms with Gasteiger partial charge in [0.25, 0.3) is 0 Å². The van der Waals surface area contributed by atoms with Crippen LogP contribution in [0, 0.1) is 0 Å². The minimum absolute atomic E-state index is 0.302. The summed E-state index contributed by atoms with van der Waals surface area (Å²) >= 11 is 0. The van der Waals surface area contributed by atoms with Gasteiger partial charge in [-0.3, -0.25) is 0 Å². The van der Waals surface area contributed by atoms with Gasteiger partial charge in [-0.1, -0.05) is 24.4 Å². The van der Waals surface area contributed by atoms with E-state index >= 15 is 0 Å². The van der Waals surface area contributed by atoms with Gasteiger partial charge in [-0.05, 0) is 32.2 Å². The summed E-state index contributed by atoms with van der Waals surface area (Å²) in [5.74, 6) is 2.31. The van der Waals surface area contributed by atoms with Crippen LogP contribution in [0.3, 0.4) is 0 Å². The Morgan fingerprint density at radius 3 is 2.62 bits per heavy atom. The van der Waals surface area contributed by atoms with Crippen molar-refractivity contribution in [1.29, 1.82) is 0 Å². The average molecular weight is 221 g/mol. The molecule has 0 radical (unpaired) electrons. The topological polar surface area (TPSA) is 51.0 Å². The molecule has 1 aliphatic carbocycles. The highest BCUT2D eigenvalue weighted by molar-refractivity contribution is 5.00. The molecule has 1 aliphatic heterocycles. The van der Waals surface area contributed by atoms with Crippen molar-refractivity contribution in [3.8, 4) is 0 Å². The molecule has 1 N–H and O–H groups in total. The Kier molecular flexibility index (Phi) is 2.91. The van der Waals surface area contributed by atoms with Crippen LogP contribution in [0.4, 0.5) is 0 Å². The van der Waals surface area contributed by atoms with Crippen molar-refractivity contribution in [2.45, 2.75) is 56.9 Å². The van der Waals surface area contributed by atoms with Crippen molar-refractivity contribution in [3.63, 3.8) is 0 Å². The molecule has 1 aromatic heterocycles. The van der Waals surface area contributed by atoms with Gasteiger partial charge in [0, 0.05) is 5.92 Å². The molecule has 2 heterocycles. The van der Waals surface area contributed by atoms with Crippen LogP contribution in [0.25, 0.3) is 0 Å². The van der Waals surface area contributed by atoms with Gasteiger partial charge in [-0.25, -0.2) is 0 Å². The highest BCUT2D eigenvalue weighted by atomic mass is 16.5.